The molecule has 21 heavy (non-hydrogen) atoms. The molecule has 108 valence electrons. The smallest absolute Gasteiger partial charge is 0.356 e. The third-order valence-electron chi connectivity index (χ3n) is 3.41. The summed E-state index contributed by atoms with van der Waals surface area (Å²) in [6.45, 7) is 2.57. The summed E-state index contributed by atoms with van der Waals surface area (Å²) in [5.41, 5.74) is 2.23. The third-order valence-corrected chi connectivity index (χ3v) is 3.41. The molecule has 1 unspecified atom stereocenters. The van der Waals surface area contributed by atoms with Crippen molar-refractivity contribution >= 4 is 11.8 Å². The molecule has 0 fully saturated rings. The van der Waals surface area contributed by atoms with Crippen LogP contribution in [0.25, 0.3) is 0 Å². The van der Waals surface area contributed by atoms with Crippen molar-refractivity contribution in [1.82, 2.24) is 9.97 Å². The first-order valence-electron chi connectivity index (χ1n) is 6.66. The lowest BCUT2D eigenvalue weighted by molar-refractivity contribution is 0.0690. The van der Waals surface area contributed by atoms with Gasteiger partial charge in [0.25, 0.3) is 0 Å². The van der Waals surface area contributed by atoms with E-state index in [0.717, 1.165) is 23.3 Å². The first-order valence-corrected chi connectivity index (χ1v) is 6.66. The van der Waals surface area contributed by atoms with Crippen molar-refractivity contribution in [2.45, 2.75) is 19.4 Å². The molecule has 1 aromatic carbocycles. The molecule has 0 amide bonds. The number of ether oxygens (including phenoxy) is 1. The summed E-state index contributed by atoms with van der Waals surface area (Å²) in [7, 11) is 0. The summed E-state index contributed by atoms with van der Waals surface area (Å²) < 4.78 is 5.80. The number of anilines is 1. The van der Waals surface area contributed by atoms with Crippen molar-refractivity contribution in [2.24, 2.45) is 0 Å². The summed E-state index contributed by atoms with van der Waals surface area (Å²) in [6, 6.07) is 6.18. The topological polar surface area (TPSA) is 84.3 Å². The highest BCUT2D eigenvalue weighted by Crippen LogP contribution is 2.28. The molecule has 1 aromatic heterocycles. The van der Waals surface area contributed by atoms with E-state index in [1.165, 1.54) is 12.4 Å². The second-order valence-electron chi connectivity index (χ2n) is 5.01. The van der Waals surface area contributed by atoms with Crippen molar-refractivity contribution in [3.63, 3.8) is 0 Å². The van der Waals surface area contributed by atoms with Crippen LogP contribution in [0.5, 0.6) is 5.75 Å². The Balaban J connectivity index is 1.71. The summed E-state index contributed by atoms with van der Waals surface area (Å²) in [5.74, 6) is 0.423. The van der Waals surface area contributed by atoms with Gasteiger partial charge in [0.1, 0.15) is 18.2 Å². The van der Waals surface area contributed by atoms with Gasteiger partial charge in [-0.2, -0.15) is 0 Å². The minimum Gasteiger partial charge on any atom is -0.491 e. The molecule has 0 saturated heterocycles. The highest BCUT2D eigenvalue weighted by molar-refractivity contribution is 5.84. The molecule has 3 rings (SSSR count). The Bertz CT molecular complexity index is 670. The Labute approximate surface area is 121 Å². The lowest BCUT2D eigenvalue weighted by Crippen LogP contribution is -2.33. The van der Waals surface area contributed by atoms with Crippen molar-refractivity contribution < 1.29 is 14.6 Å². The van der Waals surface area contributed by atoms with E-state index in [4.69, 9.17) is 9.84 Å². The maximum absolute atomic E-state index is 10.7. The molecule has 6 nitrogen and oxygen atoms in total. The van der Waals surface area contributed by atoms with Crippen LogP contribution in [-0.2, 0) is 6.42 Å². The number of para-hydroxylation sites is 1. The van der Waals surface area contributed by atoms with Crippen molar-refractivity contribution in [3.05, 3.63) is 47.4 Å². The van der Waals surface area contributed by atoms with Crippen LogP contribution in [-0.4, -0.2) is 33.7 Å². The third kappa shape index (κ3) is 2.79. The van der Waals surface area contributed by atoms with Crippen molar-refractivity contribution in [1.29, 1.82) is 0 Å². The van der Waals surface area contributed by atoms with Gasteiger partial charge in [-0.25, -0.2) is 14.8 Å². The van der Waals surface area contributed by atoms with Crippen molar-refractivity contribution in [2.75, 3.05) is 11.9 Å². The molecule has 0 aliphatic carbocycles. The molecular weight excluding hydrogens is 270 g/mol. The van der Waals surface area contributed by atoms with Gasteiger partial charge in [0.15, 0.2) is 5.69 Å². The number of nitrogens with zero attached hydrogens (tertiary/aromatic N) is 2. The first-order chi connectivity index (χ1) is 10.1. The van der Waals surface area contributed by atoms with Gasteiger partial charge in [0.05, 0.1) is 18.4 Å². The Morgan fingerprint density at radius 1 is 1.38 bits per heavy atom. The van der Waals surface area contributed by atoms with Gasteiger partial charge in [0, 0.05) is 0 Å². The number of benzene rings is 1. The number of hydrogen-bond donors (Lipinski definition) is 2. The van der Waals surface area contributed by atoms with Gasteiger partial charge >= 0.3 is 5.97 Å². The molecule has 0 saturated carbocycles. The molecule has 0 radical (unpaired) electrons. The van der Waals surface area contributed by atoms with E-state index < -0.39 is 5.97 Å². The number of nitrogens with one attached hydrogen (secondary N) is 1. The van der Waals surface area contributed by atoms with E-state index in [2.05, 4.69) is 21.4 Å². The van der Waals surface area contributed by atoms with E-state index >= 15 is 0 Å². The Kier molecular flexibility index (Phi) is 3.43. The summed E-state index contributed by atoms with van der Waals surface area (Å²) >= 11 is 0. The van der Waals surface area contributed by atoms with Crippen LogP contribution in [0.4, 0.5) is 5.82 Å². The van der Waals surface area contributed by atoms with Gasteiger partial charge < -0.3 is 15.2 Å². The minimum absolute atomic E-state index is 0.0681. The molecule has 0 spiro atoms. The molecule has 2 aromatic rings. The number of aryl methyl sites for hydroxylation is 1. The normalized spacial score (nSPS) is 16.7. The number of hydrogen-bond acceptors (Lipinski definition) is 5. The maximum Gasteiger partial charge on any atom is 0.356 e. The number of rotatable bonds is 3. The zero-order chi connectivity index (χ0) is 14.8. The quantitative estimate of drug-likeness (QED) is 0.896. The average Bonchev–Trinajstić information content (AvgIpc) is 2.48. The number of aromatic carboxylic acids is 1. The summed E-state index contributed by atoms with van der Waals surface area (Å²) in [4.78, 5) is 18.6. The van der Waals surface area contributed by atoms with Crippen LogP contribution in [0.1, 0.15) is 21.6 Å². The molecule has 2 heterocycles. The number of carbonyl (C=O) groups is 1. The second-order valence-corrected chi connectivity index (χ2v) is 5.01. The van der Waals surface area contributed by atoms with E-state index in [0.29, 0.717) is 12.4 Å². The van der Waals surface area contributed by atoms with Crippen LogP contribution < -0.4 is 10.1 Å². The van der Waals surface area contributed by atoms with Gasteiger partial charge in [-0.05, 0) is 24.5 Å². The minimum atomic E-state index is -1.08. The largest absolute Gasteiger partial charge is 0.491 e. The Morgan fingerprint density at radius 2 is 2.24 bits per heavy atom. The standard InChI is InChI=1S/C15H15N3O3/c1-9-3-2-4-10-5-11(8-21-14(9)10)18-13-7-16-12(6-17-13)15(19)20/h2-4,6-7,11H,5,8H2,1H3,(H,17,18)(H,19,20). The fraction of sp³-hybridized carbons (Fsp3) is 0.267. The maximum atomic E-state index is 10.7. The van der Waals surface area contributed by atoms with E-state index in [1.54, 1.807) is 0 Å². The predicted molar refractivity (Wildman–Crippen MR) is 76.8 cm³/mol. The molecule has 0 bridgehead atoms. The van der Waals surface area contributed by atoms with E-state index in [1.807, 2.05) is 19.1 Å². The number of carboxylic acids is 1. The molecule has 6 heteroatoms. The number of aromatic nitrogens is 2. The van der Waals surface area contributed by atoms with Gasteiger partial charge in [0.2, 0.25) is 0 Å². The predicted octanol–water partition coefficient (Wildman–Crippen LogP) is 1.90. The second kappa shape index (κ2) is 5.40. The lowest BCUT2D eigenvalue weighted by atomic mass is 10.00. The van der Waals surface area contributed by atoms with Gasteiger partial charge in [-0.15, -0.1) is 0 Å². The van der Waals surface area contributed by atoms with Gasteiger partial charge in [-0.1, -0.05) is 18.2 Å². The zero-order valence-corrected chi connectivity index (χ0v) is 11.5. The van der Waals surface area contributed by atoms with Crippen molar-refractivity contribution in [3.8, 4) is 5.75 Å². The molecule has 1 aliphatic heterocycles. The Morgan fingerprint density at radius 3 is 2.95 bits per heavy atom. The first kappa shape index (κ1) is 13.4. The fourth-order valence-corrected chi connectivity index (χ4v) is 2.40. The zero-order valence-electron chi connectivity index (χ0n) is 11.5. The molecular formula is C15H15N3O3. The average molecular weight is 285 g/mol. The lowest BCUT2D eigenvalue weighted by Gasteiger charge is -2.27. The number of fused-ring (bicyclic) bond motifs is 1. The van der Waals surface area contributed by atoms with E-state index in [-0.39, 0.29) is 11.7 Å². The SMILES string of the molecule is Cc1cccc2c1OCC(Nc1cnc(C(=O)O)cn1)C2. The highest BCUT2D eigenvalue weighted by Gasteiger charge is 2.21. The van der Waals surface area contributed by atoms with Crippen LogP contribution in [0.2, 0.25) is 0 Å². The molecule has 2 N–H and O–H groups in total. The van der Waals surface area contributed by atoms with Crippen LogP contribution in [0.3, 0.4) is 0 Å². The summed E-state index contributed by atoms with van der Waals surface area (Å²) in [6.07, 6.45) is 3.50. The fourth-order valence-electron chi connectivity index (χ4n) is 2.40. The molecule has 1 aliphatic rings. The van der Waals surface area contributed by atoms with Gasteiger partial charge in [-0.3, -0.25) is 0 Å². The van der Waals surface area contributed by atoms with E-state index in [9.17, 15) is 4.79 Å². The summed E-state index contributed by atoms with van der Waals surface area (Å²) in [5, 5.41) is 12.0. The number of carboxylic acid groups (broad SMARTS) is 1. The van der Waals surface area contributed by atoms with Crippen LogP contribution in [0, 0.1) is 6.92 Å². The van der Waals surface area contributed by atoms with Crippen LogP contribution >= 0.6 is 0 Å². The van der Waals surface area contributed by atoms with Crippen LogP contribution in [0.15, 0.2) is 30.6 Å². The molecule has 1 atom stereocenters. The Hall–Kier alpha value is -2.63. The monoisotopic (exact) mass is 285 g/mol. The highest BCUT2D eigenvalue weighted by atomic mass is 16.5.